The molecule has 0 N–H and O–H groups in total. The van der Waals surface area contributed by atoms with Gasteiger partial charge in [-0.1, -0.05) is 18.3 Å². The lowest BCUT2D eigenvalue weighted by molar-refractivity contribution is -0.133. The van der Waals surface area contributed by atoms with Crippen LogP contribution in [0.15, 0.2) is 30.5 Å². The molecule has 0 unspecified atom stereocenters. The third-order valence-electron chi connectivity index (χ3n) is 4.38. The molecule has 27 heavy (non-hydrogen) atoms. The number of piperazine rings is 1. The summed E-state index contributed by atoms with van der Waals surface area (Å²) in [5.41, 5.74) is 1.93. The Morgan fingerprint density at radius 1 is 1.15 bits per heavy atom. The van der Waals surface area contributed by atoms with E-state index in [9.17, 15) is 9.59 Å². The van der Waals surface area contributed by atoms with E-state index in [1.807, 2.05) is 35.4 Å². The number of hydrogen-bond donors (Lipinski definition) is 0. The molecule has 1 aliphatic heterocycles. The molecule has 0 bridgehead atoms. The molecule has 1 fully saturated rings. The number of rotatable bonds is 5. The van der Waals surface area contributed by atoms with Crippen LogP contribution in [0, 0.1) is 0 Å². The highest BCUT2D eigenvalue weighted by atomic mass is 32.1. The van der Waals surface area contributed by atoms with E-state index in [0.717, 1.165) is 42.4 Å². The molecule has 0 spiro atoms. The van der Waals surface area contributed by atoms with Gasteiger partial charge in [-0.05, 0) is 36.4 Å². The summed E-state index contributed by atoms with van der Waals surface area (Å²) >= 11 is 1.43. The number of hydrogen-bond acceptors (Lipinski definition) is 6. The topological polar surface area (TPSA) is 62.7 Å². The molecule has 0 aromatic carbocycles. The zero-order valence-electron chi connectivity index (χ0n) is 15.6. The molecule has 0 aliphatic carbocycles. The van der Waals surface area contributed by atoms with Gasteiger partial charge in [0.1, 0.15) is 0 Å². The first-order chi connectivity index (χ1) is 13.0. The summed E-state index contributed by atoms with van der Waals surface area (Å²) in [6.45, 7) is 6.54. The second kappa shape index (κ2) is 8.81. The quantitative estimate of drug-likeness (QED) is 0.739. The van der Waals surface area contributed by atoms with Gasteiger partial charge < -0.3 is 14.5 Å². The Kier molecular flexibility index (Phi) is 6.24. The van der Waals surface area contributed by atoms with Crippen molar-refractivity contribution < 1.29 is 14.3 Å². The van der Waals surface area contributed by atoms with Gasteiger partial charge in [0.05, 0.1) is 17.6 Å². The van der Waals surface area contributed by atoms with Crippen molar-refractivity contribution in [1.29, 1.82) is 0 Å². The highest BCUT2D eigenvalue weighted by Crippen LogP contribution is 2.26. The zero-order chi connectivity index (χ0) is 19.2. The average molecular weight is 385 g/mol. The smallest absolute Gasteiger partial charge is 0.311 e. The highest BCUT2D eigenvalue weighted by Gasteiger charge is 2.18. The molecule has 6 nitrogen and oxygen atoms in total. The summed E-state index contributed by atoms with van der Waals surface area (Å²) in [5, 5.41) is 0.606. The SMILES string of the molecule is CCC(=O)Oc1ccc(C=Cc2ccc(N3CCN(C(C)=O)CC3)cn2)s1. The normalized spacial score (nSPS) is 14.6. The van der Waals surface area contributed by atoms with E-state index in [-0.39, 0.29) is 11.9 Å². The van der Waals surface area contributed by atoms with Crippen molar-refractivity contribution in [1.82, 2.24) is 9.88 Å². The predicted octanol–water partition coefficient (Wildman–Crippen LogP) is 3.30. The van der Waals surface area contributed by atoms with Gasteiger partial charge in [-0.15, -0.1) is 0 Å². The van der Waals surface area contributed by atoms with Gasteiger partial charge in [0, 0.05) is 44.4 Å². The highest BCUT2D eigenvalue weighted by molar-refractivity contribution is 7.14. The number of ether oxygens (including phenoxy) is 1. The van der Waals surface area contributed by atoms with Crippen molar-refractivity contribution in [3.05, 3.63) is 41.0 Å². The standard InChI is InChI=1S/C20H23N3O3S/c1-3-19(25)26-20-9-8-18(27-20)7-5-16-4-6-17(14-21-16)23-12-10-22(11-13-23)15(2)24/h4-9,14H,3,10-13H2,1-2H3. The van der Waals surface area contributed by atoms with Crippen LogP contribution in [-0.4, -0.2) is 47.9 Å². The molecule has 1 amide bonds. The van der Waals surface area contributed by atoms with Crippen LogP contribution < -0.4 is 9.64 Å². The van der Waals surface area contributed by atoms with E-state index in [1.54, 1.807) is 19.9 Å². The average Bonchev–Trinajstić information content (AvgIpc) is 3.14. The van der Waals surface area contributed by atoms with E-state index < -0.39 is 0 Å². The lowest BCUT2D eigenvalue weighted by Crippen LogP contribution is -2.48. The molecule has 0 saturated carbocycles. The van der Waals surface area contributed by atoms with Gasteiger partial charge >= 0.3 is 5.97 Å². The Balaban J connectivity index is 1.57. The summed E-state index contributed by atoms with van der Waals surface area (Å²) in [4.78, 5) is 32.3. The number of anilines is 1. The van der Waals surface area contributed by atoms with E-state index >= 15 is 0 Å². The van der Waals surface area contributed by atoms with Crippen LogP contribution in [-0.2, 0) is 9.59 Å². The second-order valence-corrected chi connectivity index (χ2v) is 7.33. The van der Waals surface area contributed by atoms with Crippen LogP contribution in [0.4, 0.5) is 5.69 Å². The minimum Gasteiger partial charge on any atom is -0.415 e. The van der Waals surface area contributed by atoms with Crippen molar-refractivity contribution in [2.45, 2.75) is 20.3 Å². The summed E-state index contributed by atoms with van der Waals surface area (Å²) in [6.07, 6.45) is 6.13. The van der Waals surface area contributed by atoms with Gasteiger partial charge in [-0.2, -0.15) is 0 Å². The van der Waals surface area contributed by atoms with Crippen molar-refractivity contribution in [2.75, 3.05) is 31.1 Å². The molecule has 3 rings (SSSR count). The third kappa shape index (κ3) is 5.17. The molecule has 1 saturated heterocycles. The van der Waals surface area contributed by atoms with Crippen LogP contribution in [0.2, 0.25) is 0 Å². The lowest BCUT2D eigenvalue weighted by Gasteiger charge is -2.35. The van der Waals surface area contributed by atoms with Crippen molar-refractivity contribution in [3.63, 3.8) is 0 Å². The summed E-state index contributed by atoms with van der Waals surface area (Å²) < 4.78 is 5.20. The van der Waals surface area contributed by atoms with E-state index in [2.05, 4.69) is 16.0 Å². The summed E-state index contributed by atoms with van der Waals surface area (Å²) in [6, 6.07) is 7.76. The molecule has 142 valence electrons. The monoisotopic (exact) mass is 385 g/mol. The maximum atomic E-state index is 11.4. The first kappa shape index (κ1) is 19.1. The third-order valence-corrected chi connectivity index (χ3v) is 5.31. The van der Waals surface area contributed by atoms with Crippen molar-refractivity contribution >= 4 is 41.1 Å². The molecule has 1 aliphatic rings. The summed E-state index contributed by atoms with van der Waals surface area (Å²) in [7, 11) is 0. The van der Waals surface area contributed by atoms with E-state index in [4.69, 9.17) is 4.74 Å². The molecular formula is C20H23N3O3S. The van der Waals surface area contributed by atoms with Gasteiger partial charge in [0.2, 0.25) is 5.91 Å². The minimum atomic E-state index is -0.228. The maximum Gasteiger partial charge on any atom is 0.311 e. The van der Waals surface area contributed by atoms with Crippen molar-refractivity contribution in [3.8, 4) is 5.06 Å². The fourth-order valence-corrected chi connectivity index (χ4v) is 3.57. The maximum absolute atomic E-state index is 11.4. The Hall–Kier alpha value is -2.67. The molecular weight excluding hydrogens is 362 g/mol. The number of amides is 1. The van der Waals surface area contributed by atoms with Gasteiger partial charge in [-0.25, -0.2) is 0 Å². The van der Waals surface area contributed by atoms with Crippen LogP contribution in [0.1, 0.15) is 30.8 Å². The summed E-state index contributed by atoms with van der Waals surface area (Å²) in [5.74, 6) is -0.0942. The van der Waals surface area contributed by atoms with Crippen LogP contribution in [0.25, 0.3) is 12.2 Å². The molecule has 0 radical (unpaired) electrons. The first-order valence-electron chi connectivity index (χ1n) is 9.00. The Bertz CT molecular complexity index is 821. The Labute approximate surface area is 163 Å². The number of carbonyl (C=O) groups is 2. The molecule has 3 heterocycles. The van der Waals surface area contributed by atoms with Gasteiger partial charge in [0.15, 0.2) is 5.06 Å². The van der Waals surface area contributed by atoms with Crippen LogP contribution in [0.5, 0.6) is 5.06 Å². The number of carbonyl (C=O) groups excluding carboxylic acids is 2. The largest absolute Gasteiger partial charge is 0.415 e. The zero-order valence-corrected chi connectivity index (χ0v) is 16.4. The molecule has 7 heteroatoms. The number of thiophene rings is 1. The fourth-order valence-electron chi connectivity index (χ4n) is 2.79. The van der Waals surface area contributed by atoms with Crippen LogP contribution >= 0.6 is 11.3 Å². The number of esters is 1. The van der Waals surface area contributed by atoms with Crippen molar-refractivity contribution in [2.24, 2.45) is 0 Å². The first-order valence-corrected chi connectivity index (χ1v) is 9.82. The molecule has 0 atom stereocenters. The Morgan fingerprint density at radius 2 is 1.93 bits per heavy atom. The van der Waals surface area contributed by atoms with Gasteiger partial charge in [0.25, 0.3) is 0 Å². The lowest BCUT2D eigenvalue weighted by atomic mass is 10.2. The van der Waals surface area contributed by atoms with E-state index in [0.29, 0.717) is 11.5 Å². The van der Waals surface area contributed by atoms with Crippen LogP contribution in [0.3, 0.4) is 0 Å². The minimum absolute atomic E-state index is 0.134. The Morgan fingerprint density at radius 3 is 2.56 bits per heavy atom. The number of aromatic nitrogens is 1. The van der Waals surface area contributed by atoms with Gasteiger partial charge in [-0.3, -0.25) is 14.6 Å². The molecule has 2 aromatic heterocycles. The predicted molar refractivity (Wildman–Crippen MR) is 108 cm³/mol. The second-order valence-electron chi connectivity index (χ2n) is 6.25. The molecule has 2 aromatic rings. The number of nitrogens with zero attached hydrogens (tertiary/aromatic N) is 3. The fraction of sp³-hybridized carbons (Fsp3) is 0.350. The van der Waals surface area contributed by atoms with E-state index in [1.165, 1.54) is 11.3 Å². The number of pyridine rings is 1.